The minimum Gasteiger partial charge on any atom is -0.375 e. The molecular formula is C8H17N3S. The van der Waals surface area contributed by atoms with Gasteiger partial charge in [-0.2, -0.15) is 0 Å². The van der Waals surface area contributed by atoms with Crippen molar-refractivity contribution in [2.75, 3.05) is 6.54 Å². The number of hydrogen-bond acceptors (Lipinski definition) is 2. The van der Waals surface area contributed by atoms with E-state index in [0.717, 1.165) is 13.0 Å². The molecule has 1 heterocycles. The van der Waals surface area contributed by atoms with Crippen molar-refractivity contribution in [3.8, 4) is 0 Å². The largest absolute Gasteiger partial charge is 0.375 e. The van der Waals surface area contributed by atoms with Crippen LogP contribution in [0.5, 0.6) is 0 Å². The monoisotopic (exact) mass is 187 g/mol. The first-order valence-electron chi connectivity index (χ1n) is 4.56. The Kier molecular flexibility index (Phi) is 3.75. The fourth-order valence-electron chi connectivity index (χ4n) is 1.71. The van der Waals surface area contributed by atoms with Crippen LogP contribution in [0.25, 0.3) is 0 Å². The van der Waals surface area contributed by atoms with Gasteiger partial charge in [0.25, 0.3) is 0 Å². The van der Waals surface area contributed by atoms with Crippen molar-refractivity contribution in [2.24, 2.45) is 5.73 Å². The molecule has 4 heteroatoms. The number of nitrogens with one attached hydrogen (secondary N) is 1. The lowest BCUT2D eigenvalue weighted by Crippen LogP contribution is -2.52. The van der Waals surface area contributed by atoms with Gasteiger partial charge in [-0.15, -0.1) is 0 Å². The second-order valence-corrected chi connectivity index (χ2v) is 3.67. The van der Waals surface area contributed by atoms with Crippen LogP contribution >= 0.6 is 12.2 Å². The van der Waals surface area contributed by atoms with Crippen LogP contribution < -0.4 is 11.2 Å². The smallest absolute Gasteiger partial charge is 0.178 e. The van der Waals surface area contributed by atoms with Crippen LogP contribution in [-0.2, 0) is 0 Å². The van der Waals surface area contributed by atoms with E-state index < -0.39 is 0 Å². The molecule has 1 aliphatic heterocycles. The zero-order chi connectivity index (χ0) is 8.97. The van der Waals surface area contributed by atoms with E-state index >= 15 is 0 Å². The van der Waals surface area contributed by atoms with Gasteiger partial charge in [0, 0.05) is 12.6 Å². The first-order valence-corrected chi connectivity index (χ1v) is 4.97. The Bertz CT molecular complexity index is 160. The van der Waals surface area contributed by atoms with Crippen LogP contribution in [0.2, 0.25) is 0 Å². The fraction of sp³-hybridized carbons (Fsp3) is 0.875. The summed E-state index contributed by atoms with van der Waals surface area (Å²) in [5, 5.41) is 2.56. The molecule has 3 N–H and O–H groups in total. The molecule has 0 radical (unpaired) electrons. The molecule has 0 bridgehead atoms. The van der Waals surface area contributed by atoms with E-state index in [4.69, 9.17) is 18.0 Å². The highest BCUT2D eigenvalue weighted by Crippen LogP contribution is 2.16. The summed E-state index contributed by atoms with van der Waals surface area (Å²) in [5.74, 6) is 0. The summed E-state index contributed by atoms with van der Waals surface area (Å²) < 4.78 is 0. The Balaban J connectivity index is 2.41. The van der Waals surface area contributed by atoms with Gasteiger partial charge in [0.2, 0.25) is 0 Å². The van der Waals surface area contributed by atoms with Crippen molar-refractivity contribution in [3.05, 3.63) is 0 Å². The Morgan fingerprint density at radius 2 is 2.42 bits per heavy atom. The number of hydrogen-bond donors (Lipinski definition) is 2. The van der Waals surface area contributed by atoms with Crippen molar-refractivity contribution in [2.45, 2.75) is 38.6 Å². The molecule has 0 aromatic heterocycles. The third kappa shape index (κ3) is 2.60. The number of thiocarbonyl (C=S) groups is 1. The SMILES string of the molecule is CCC1CCCCN1NC(N)=S. The van der Waals surface area contributed by atoms with Crippen molar-refractivity contribution in [3.63, 3.8) is 0 Å². The third-order valence-electron chi connectivity index (χ3n) is 2.35. The molecule has 0 aromatic carbocycles. The first-order chi connectivity index (χ1) is 5.74. The maximum Gasteiger partial charge on any atom is 0.178 e. The van der Waals surface area contributed by atoms with Crippen LogP contribution in [0.15, 0.2) is 0 Å². The van der Waals surface area contributed by atoms with Gasteiger partial charge >= 0.3 is 0 Å². The minimum absolute atomic E-state index is 0.385. The maximum atomic E-state index is 5.42. The Labute approximate surface area is 79.3 Å². The third-order valence-corrected chi connectivity index (χ3v) is 2.44. The lowest BCUT2D eigenvalue weighted by atomic mass is 10.0. The molecule has 1 saturated heterocycles. The average Bonchev–Trinajstić information content (AvgIpc) is 2.04. The summed E-state index contributed by atoms with van der Waals surface area (Å²) >= 11 is 4.80. The summed E-state index contributed by atoms with van der Waals surface area (Å²) in [6.45, 7) is 3.26. The van der Waals surface area contributed by atoms with E-state index in [2.05, 4.69) is 17.4 Å². The summed E-state index contributed by atoms with van der Waals surface area (Å²) in [5.41, 5.74) is 8.44. The number of piperidine rings is 1. The first kappa shape index (κ1) is 9.74. The van der Waals surface area contributed by atoms with Crippen molar-refractivity contribution < 1.29 is 0 Å². The van der Waals surface area contributed by atoms with Crippen LogP contribution in [0.4, 0.5) is 0 Å². The van der Waals surface area contributed by atoms with Gasteiger partial charge in [0.15, 0.2) is 5.11 Å². The molecule has 12 heavy (non-hydrogen) atoms. The van der Waals surface area contributed by atoms with Crippen molar-refractivity contribution >= 4 is 17.3 Å². The predicted molar refractivity (Wildman–Crippen MR) is 54.6 cm³/mol. The standard InChI is InChI=1S/C8H17N3S/c1-2-7-5-3-4-6-11(7)10-8(9)12/h7H,2-6H2,1H3,(H3,9,10,12). The topological polar surface area (TPSA) is 41.3 Å². The highest BCUT2D eigenvalue weighted by molar-refractivity contribution is 7.80. The van der Waals surface area contributed by atoms with E-state index in [1.54, 1.807) is 0 Å². The summed E-state index contributed by atoms with van der Waals surface area (Å²) in [7, 11) is 0. The lowest BCUT2D eigenvalue weighted by Gasteiger charge is -2.35. The number of rotatable bonds is 2. The zero-order valence-corrected chi connectivity index (χ0v) is 8.36. The van der Waals surface area contributed by atoms with E-state index in [0.29, 0.717) is 11.2 Å². The second-order valence-electron chi connectivity index (χ2n) is 3.23. The second kappa shape index (κ2) is 4.62. The Morgan fingerprint density at radius 3 is 3.00 bits per heavy atom. The number of hydrazine groups is 1. The van der Waals surface area contributed by atoms with E-state index in [1.807, 2.05) is 0 Å². The molecule has 1 unspecified atom stereocenters. The number of nitrogens with zero attached hydrogens (tertiary/aromatic N) is 1. The molecule has 70 valence electrons. The van der Waals surface area contributed by atoms with E-state index in [1.165, 1.54) is 19.3 Å². The molecule has 0 aromatic rings. The Morgan fingerprint density at radius 1 is 1.67 bits per heavy atom. The van der Waals surface area contributed by atoms with Crippen LogP contribution in [-0.4, -0.2) is 22.7 Å². The van der Waals surface area contributed by atoms with E-state index in [-0.39, 0.29) is 0 Å². The zero-order valence-electron chi connectivity index (χ0n) is 7.55. The van der Waals surface area contributed by atoms with Crippen LogP contribution in [0, 0.1) is 0 Å². The predicted octanol–water partition coefficient (Wildman–Crippen LogP) is 0.999. The quantitative estimate of drug-likeness (QED) is 0.633. The van der Waals surface area contributed by atoms with Gasteiger partial charge in [-0.05, 0) is 31.5 Å². The average molecular weight is 187 g/mol. The van der Waals surface area contributed by atoms with Crippen LogP contribution in [0.3, 0.4) is 0 Å². The van der Waals surface area contributed by atoms with Gasteiger partial charge in [-0.1, -0.05) is 13.3 Å². The van der Waals surface area contributed by atoms with Crippen molar-refractivity contribution in [1.29, 1.82) is 0 Å². The molecule has 0 saturated carbocycles. The molecule has 1 fully saturated rings. The molecule has 0 spiro atoms. The summed E-state index contributed by atoms with van der Waals surface area (Å²) in [6.07, 6.45) is 4.99. The molecule has 1 rings (SSSR count). The molecule has 1 atom stereocenters. The normalized spacial score (nSPS) is 25.2. The minimum atomic E-state index is 0.385. The summed E-state index contributed by atoms with van der Waals surface area (Å²) in [4.78, 5) is 0. The molecule has 3 nitrogen and oxygen atoms in total. The van der Waals surface area contributed by atoms with Gasteiger partial charge in [0.1, 0.15) is 0 Å². The fourth-order valence-corrected chi connectivity index (χ4v) is 1.83. The van der Waals surface area contributed by atoms with Gasteiger partial charge in [-0.25, -0.2) is 5.01 Å². The maximum absolute atomic E-state index is 5.42. The van der Waals surface area contributed by atoms with Gasteiger partial charge < -0.3 is 5.73 Å². The van der Waals surface area contributed by atoms with Gasteiger partial charge in [-0.3, -0.25) is 5.43 Å². The highest BCUT2D eigenvalue weighted by atomic mass is 32.1. The highest BCUT2D eigenvalue weighted by Gasteiger charge is 2.20. The van der Waals surface area contributed by atoms with E-state index in [9.17, 15) is 0 Å². The number of nitrogens with two attached hydrogens (primary N) is 1. The molecule has 0 amide bonds. The van der Waals surface area contributed by atoms with Crippen LogP contribution in [0.1, 0.15) is 32.6 Å². The Hall–Kier alpha value is -0.350. The summed E-state index contributed by atoms with van der Waals surface area (Å²) in [6, 6.07) is 0.611. The lowest BCUT2D eigenvalue weighted by molar-refractivity contribution is 0.114. The molecular weight excluding hydrogens is 170 g/mol. The van der Waals surface area contributed by atoms with Crippen molar-refractivity contribution in [1.82, 2.24) is 10.4 Å². The molecule has 0 aliphatic carbocycles. The molecule has 1 aliphatic rings. The van der Waals surface area contributed by atoms with Gasteiger partial charge in [0.05, 0.1) is 0 Å².